The van der Waals surface area contributed by atoms with Gasteiger partial charge in [0.2, 0.25) is 0 Å². The Kier molecular flexibility index (Phi) is 8.38. The van der Waals surface area contributed by atoms with Crippen molar-refractivity contribution in [1.29, 1.82) is 0 Å². The van der Waals surface area contributed by atoms with Crippen LogP contribution in [0.3, 0.4) is 0 Å². The Morgan fingerprint density at radius 1 is 1.43 bits per heavy atom. The van der Waals surface area contributed by atoms with Crippen molar-refractivity contribution in [2.75, 3.05) is 26.9 Å². The van der Waals surface area contributed by atoms with E-state index in [4.69, 9.17) is 9.47 Å². The maximum Gasteiger partial charge on any atom is 0.258 e. The summed E-state index contributed by atoms with van der Waals surface area (Å²) in [4.78, 5) is 15.8. The summed E-state index contributed by atoms with van der Waals surface area (Å²) >= 11 is 0. The van der Waals surface area contributed by atoms with Crippen molar-refractivity contribution < 1.29 is 14.3 Å². The molecule has 1 amide bonds. The van der Waals surface area contributed by atoms with Gasteiger partial charge >= 0.3 is 0 Å². The fourth-order valence-electron chi connectivity index (χ4n) is 1.56. The van der Waals surface area contributed by atoms with E-state index in [2.05, 4.69) is 15.6 Å². The van der Waals surface area contributed by atoms with E-state index in [9.17, 15) is 4.79 Å². The van der Waals surface area contributed by atoms with Crippen molar-refractivity contribution in [1.82, 2.24) is 15.6 Å². The normalized spacial score (nSPS) is 12.0. The van der Waals surface area contributed by atoms with Crippen LogP contribution in [0.5, 0.6) is 5.75 Å². The van der Waals surface area contributed by atoms with Gasteiger partial charge in [-0.25, -0.2) is 0 Å². The maximum absolute atomic E-state index is 11.6. The standard InChI is InChI=1S/C15H25N3O3/c1-4-12(2)18-15(19)11-21-14-6-5-13(17-10-14)9-16-7-8-20-3/h5-6,10,12,16H,4,7-9,11H2,1-3H3,(H,18,19). The van der Waals surface area contributed by atoms with Gasteiger partial charge in [-0.05, 0) is 25.5 Å². The molecule has 6 heteroatoms. The lowest BCUT2D eigenvalue weighted by molar-refractivity contribution is -0.123. The van der Waals surface area contributed by atoms with Gasteiger partial charge in [0.25, 0.3) is 5.91 Å². The average Bonchev–Trinajstić information content (AvgIpc) is 2.50. The first-order chi connectivity index (χ1) is 10.2. The quantitative estimate of drug-likeness (QED) is 0.633. The van der Waals surface area contributed by atoms with Crippen molar-refractivity contribution in [3.8, 4) is 5.75 Å². The molecule has 0 aromatic carbocycles. The molecule has 0 aliphatic rings. The third-order valence-electron chi connectivity index (χ3n) is 2.98. The summed E-state index contributed by atoms with van der Waals surface area (Å²) < 4.78 is 10.3. The molecule has 0 bridgehead atoms. The topological polar surface area (TPSA) is 72.5 Å². The number of hydrogen-bond donors (Lipinski definition) is 2. The van der Waals surface area contributed by atoms with E-state index >= 15 is 0 Å². The fraction of sp³-hybridized carbons (Fsp3) is 0.600. The molecule has 1 aromatic rings. The Hall–Kier alpha value is -1.66. The number of methoxy groups -OCH3 is 1. The highest BCUT2D eigenvalue weighted by molar-refractivity contribution is 5.77. The Labute approximate surface area is 126 Å². The predicted octanol–water partition coefficient (Wildman–Crippen LogP) is 1.11. The van der Waals surface area contributed by atoms with Gasteiger partial charge in [-0.3, -0.25) is 9.78 Å². The van der Waals surface area contributed by atoms with E-state index in [-0.39, 0.29) is 18.6 Å². The molecule has 0 aliphatic heterocycles. The lowest BCUT2D eigenvalue weighted by atomic mass is 10.2. The molecule has 6 nitrogen and oxygen atoms in total. The first-order valence-corrected chi connectivity index (χ1v) is 7.22. The highest BCUT2D eigenvalue weighted by Gasteiger charge is 2.06. The number of carbonyl (C=O) groups excluding carboxylic acids is 1. The SMILES string of the molecule is CCC(C)NC(=O)COc1ccc(CNCCOC)nc1. The zero-order valence-electron chi connectivity index (χ0n) is 13.0. The summed E-state index contributed by atoms with van der Waals surface area (Å²) in [5.74, 6) is 0.476. The molecule has 1 aromatic heterocycles. The molecule has 0 spiro atoms. The van der Waals surface area contributed by atoms with E-state index in [1.807, 2.05) is 26.0 Å². The third kappa shape index (κ3) is 7.63. The van der Waals surface area contributed by atoms with Gasteiger partial charge in [-0.1, -0.05) is 6.92 Å². The van der Waals surface area contributed by atoms with Crippen LogP contribution < -0.4 is 15.4 Å². The minimum absolute atomic E-state index is 0.0114. The highest BCUT2D eigenvalue weighted by atomic mass is 16.5. The van der Waals surface area contributed by atoms with Gasteiger partial charge in [0.05, 0.1) is 18.5 Å². The molecule has 0 fully saturated rings. The van der Waals surface area contributed by atoms with Gasteiger partial charge in [0.1, 0.15) is 5.75 Å². The zero-order chi connectivity index (χ0) is 15.5. The number of nitrogens with zero attached hydrogens (tertiary/aromatic N) is 1. The van der Waals surface area contributed by atoms with Crippen LogP contribution in [0.1, 0.15) is 26.0 Å². The molecule has 1 rings (SSSR count). The molecule has 0 saturated carbocycles. The summed E-state index contributed by atoms with van der Waals surface area (Å²) in [5, 5.41) is 6.05. The Bertz CT molecular complexity index is 409. The van der Waals surface area contributed by atoms with Crippen LogP contribution in [0, 0.1) is 0 Å². The van der Waals surface area contributed by atoms with E-state index in [1.165, 1.54) is 0 Å². The lowest BCUT2D eigenvalue weighted by Gasteiger charge is -2.12. The number of amides is 1. The van der Waals surface area contributed by atoms with E-state index in [0.717, 1.165) is 18.7 Å². The summed E-state index contributed by atoms with van der Waals surface area (Å²) in [6.45, 7) is 6.13. The summed E-state index contributed by atoms with van der Waals surface area (Å²) in [7, 11) is 1.67. The molecule has 0 saturated heterocycles. The number of rotatable bonds is 10. The van der Waals surface area contributed by atoms with Gasteiger partial charge in [0, 0.05) is 26.2 Å². The minimum Gasteiger partial charge on any atom is -0.482 e. The summed E-state index contributed by atoms with van der Waals surface area (Å²) in [6, 6.07) is 3.86. The maximum atomic E-state index is 11.6. The van der Waals surface area contributed by atoms with Crippen LogP contribution in [0.15, 0.2) is 18.3 Å². The van der Waals surface area contributed by atoms with E-state index < -0.39 is 0 Å². The Morgan fingerprint density at radius 2 is 2.24 bits per heavy atom. The largest absolute Gasteiger partial charge is 0.482 e. The molecule has 0 radical (unpaired) electrons. The van der Waals surface area contributed by atoms with Crippen molar-refractivity contribution in [3.05, 3.63) is 24.0 Å². The van der Waals surface area contributed by atoms with Gasteiger partial charge in [-0.2, -0.15) is 0 Å². The summed E-state index contributed by atoms with van der Waals surface area (Å²) in [6.07, 6.45) is 2.53. The highest BCUT2D eigenvalue weighted by Crippen LogP contribution is 2.08. The van der Waals surface area contributed by atoms with Gasteiger partial charge in [-0.15, -0.1) is 0 Å². The van der Waals surface area contributed by atoms with Crippen LogP contribution in [0.4, 0.5) is 0 Å². The van der Waals surface area contributed by atoms with Gasteiger partial charge < -0.3 is 20.1 Å². The molecule has 1 atom stereocenters. The third-order valence-corrected chi connectivity index (χ3v) is 2.98. The number of nitrogens with one attached hydrogen (secondary N) is 2. The number of ether oxygens (including phenoxy) is 2. The molecular weight excluding hydrogens is 270 g/mol. The molecule has 1 heterocycles. The van der Waals surface area contributed by atoms with E-state index in [1.54, 1.807) is 13.3 Å². The molecule has 2 N–H and O–H groups in total. The van der Waals surface area contributed by atoms with Crippen molar-refractivity contribution >= 4 is 5.91 Å². The Morgan fingerprint density at radius 3 is 2.86 bits per heavy atom. The monoisotopic (exact) mass is 295 g/mol. The predicted molar refractivity (Wildman–Crippen MR) is 81.2 cm³/mol. The van der Waals surface area contributed by atoms with Crippen LogP contribution in [0.2, 0.25) is 0 Å². The molecule has 1 unspecified atom stereocenters. The van der Waals surface area contributed by atoms with Crippen molar-refractivity contribution in [2.24, 2.45) is 0 Å². The molecule has 118 valence electrons. The van der Waals surface area contributed by atoms with Gasteiger partial charge in [0.15, 0.2) is 6.61 Å². The van der Waals surface area contributed by atoms with Crippen LogP contribution in [0.25, 0.3) is 0 Å². The van der Waals surface area contributed by atoms with Crippen LogP contribution in [-0.2, 0) is 16.1 Å². The summed E-state index contributed by atoms with van der Waals surface area (Å²) in [5.41, 5.74) is 0.919. The fourth-order valence-corrected chi connectivity index (χ4v) is 1.56. The molecular formula is C15H25N3O3. The molecule has 21 heavy (non-hydrogen) atoms. The average molecular weight is 295 g/mol. The zero-order valence-corrected chi connectivity index (χ0v) is 13.0. The number of pyridine rings is 1. The van der Waals surface area contributed by atoms with Crippen molar-refractivity contribution in [2.45, 2.75) is 32.9 Å². The lowest BCUT2D eigenvalue weighted by Crippen LogP contribution is -2.35. The second-order valence-electron chi connectivity index (χ2n) is 4.82. The number of aromatic nitrogens is 1. The smallest absolute Gasteiger partial charge is 0.258 e. The Balaban J connectivity index is 2.29. The number of carbonyl (C=O) groups is 1. The van der Waals surface area contributed by atoms with Crippen molar-refractivity contribution in [3.63, 3.8) is 0 Å². The first-order valence-electron chi connectivity index (χ1n) is 7.22. The second-order valence-corrected chi connectivity index (χ2v) is 4.82. The van der Waals surface area contributed by atoms with Crippen LogP contribution in [-0.4, -0.2) is 43.8 Å². The first kappa shape index (κ1) is 17.4. The second kappa shape index (κ2) is 10.1. The minimum atomic E-state index is -0.116. The van der Waals surface area contributed by atoms with Crippen LogP contribution >= 0.6 is 0 Å². The van der Waals surface area contributed by atoms with E-state index in [0.29, 0.717) is 18.9 Å². The number of hydrogen-bond acceptors (Lipinski definition) is 5. The molecule has 0 aliphatic carbocycles.